The van der Waals surface area contributed by atoms with E-state index >= 15 is 0 Å². The standard InChI is InChI=1S/C24H26FN3O4/c1-15(29)14-28(19-8-3-4-9-19)23(30)17-11-20-22(21(12-17)31-2)32-24(27-20)26-13-16-6-5-7-18(25)10-16/h5-7,10-12,19H,3-4,8-9,13-14H2,1-2H3,(H,26,27). The lowest BCUT2D eigenvalue weighted by Crippen LogP contribution is -2.41. The van der Waals surface area contributed by atoms with E-state index in [1.54, 1.807) is 29.2 Å². The highest BCUT2D eigenvalue weighted by Crippen LogP contribution is 2.32. The fourth-order valence-corrected chi connectivity index (χ4v) is 4.17. The molecule has 1 aliphatic rings. The molecule has 1 aliphatic carbocycles. The van der Waals surface area contributed by atoms with Gasteiger partial charge in [-0.3, -0.25) is 9.59 Å². The van der Waals surface area contributed by atoms with Crippen LogP contribution in [0.1, 0.15) is 48.5 Å². The third kappa shape index (κ3) is 4.74. The molecule has 0 atom stereocenters. The second-order valence-electron chi connectivity index (χ2n) is 8.10. The summed E-state index contributed by atoms with van der Waals surface area (Å²) in [6, 6.07) is 9.82. The SMILES string of the molecule is COc1cc(C(=O)N(CC(C)=O)C2CCCC2)cc2nc(NCc3cccc(F)c3)oc12. The first-order valence-corrected chi connectivity index (χ1v) is 10.7. The van der Waals surface area contributed by atoms with Gasteiger partial charge in [-0.2, -0.15) is 4.98 Å². The van der Waals surface area contributed by atoms with E-state index in [-0.39, 0.29) is 36.1 Å². The minimum Gasteiger partial charge on any atom is -0.493 e. The average molecular weight is 439 g/mol. The first kappa shape index (κ1) is 21.8. The second kappa shape index (κ2) is 9.38. The topological polar surface area (TPSA) is 84.7 Å². The van der Waals surface area contributed by atoms with Crippen molar-refractivity contribution in [2.75, 3.05) is 19.0 Å². The molecule has 2 aromatic carbocycles. The maximum atomic E-state index is 13.4. The summed E-state index contributed by atoms with van der Waals surface area (Å²) in [5.74, 6) is -0.205. The molecule has 0 aliphatic heterocycles. The molecule has 8 heteroatoms. The van der Waals surface area contributed by atoms with Crippen LogP contribution in [0.15, 0.2) is 40.8 Å². The van der Waals surface area contributed by atoms with E-state index < -0.39 is 0 Å². The number of hydrogen-bond donors (Lipinski definition) is 1. The lowest BCUT2D eigenvalue weighted by molar-refractivity contribution is -0.118. The molecule has 0 unspecified atom stereocenters. The van der Waals surface area contributed by atoms with Gasteiger partial charge < -0.3 is 19.4 Å². The zero-order chi connectivity index (χ0) is 22.7. The van der Waals surface area contributed by atoms with Crippen molar-refractivity contribution in [1.29, 1.82) is 0 Å². The predicted octanol–water partition coefficient (Wildman–Crippen LogP) is 4.56. The van der Waals surface area contributed by atoms with Gasteiger partial charge in [0.1, 0.15) is 17.1 Å². The number of fused-ring (bicyclic) bond motifs is 1. The lowest BCUT2D eigenvalue weighted by Gasteiger charge is -2.28. The molecule has 1 N–H and O–H groups in total. The summed E-state index contributed by atoms with van der Waals surface area (Å²) in [6.07, 6.45) is 3.91. The van der Waals surface area contributed by atoms with Crippen LogP contribution < -0.4 is 10.1 Å². The normalized spacial score (nSPS) is 14.0. The third-order valence-corrected chi connectivity index (χ3v) is 5.67. The van der Waals surface area contributed by atoms with E-state index in [1.807, 2.05) is 0 Å². The Morgan fingerprint density at radius 2 is 2.03 bits per heavy atom. The molecule has 1 aromatic heterocycles. The fraction of sp³-hybridized carbons (Fsp3) is 0.375. The van der Waals surface area contributed by atoms with Gasteiger partial charge >= 0.3 is 0 Å². The molecule has 168 valence electrons. The summed E-state index contributed by atoms with van der Waals surface area (Å²) in [4.78, 5) is 31.3. The maximum absolute atomic E-state index is 13.4. The second-order valence-corrected chi connectivity index (χ2v) is 8.10. The number of carbonyl (C=O) groups is 2. The van der Waals surface area contributed by atoms with Crippen LogP contribution >= 0.6 is 0 Å². The number of ether oxygens (including phenoxy) is 1. The number of anilines is 1. The quantitative estimate of drug-likeness (QED) is 0.554. The Morgan fingerprint density at radius 1 is 1.25 bits per heavy atom. The van der Waals surface area contributed by atoms with Crippen LogP contribution in [0.5, 0.6) is 5.75 Å². The van der Waals surface area contributed by atoms with Gasteiger partial charge in [0.2, 0.25) is 0 Å². The Bertz CT molecular complexity index is 1140. The van der Waals surface area contributed by atoms with Crippen LogP contribution in [0, 0.1) is 5.82 Å². The molecular formula is C24H26FN3O4. The predicted molar refractivity (Wildman–Crippen MR) is 118 cm³/mol. The van der Waals surface area contributed by atoms with Crippen molar-refractivity contribution >= 4 is 28.8 Å². The zero-order valence-corrected chi connectivity index (χ0v) is 18.2. The van der Waals surface area contributed by atoms with Gasteiger partial charge in [-0.05, 0) is 49.6 Å². The Kier molecular flexibility index (Phi) is 6.39. The summed E-state index contributed by atoms with van der Waals surface area (Å²) < 4.78 is 24.6. The number of nitrogens with one attached hydrogen (secondary N) is 1. The molecule has 32 heavy (non-hydrogen) atoms. The summed E-state index contributed by atoms with van der Waals surface area (Å²) >= 11 is 0. The van der Waals surface area contributed by atoms with Gasteiger partial charge in [0, 0.05) is 18.2 Å². The van der Waals surface area contributed by atoms with Crippen molar-refractivity contribution in [2.24, 2.45) is 0 Å². The molecule has 1 amide bonds. The van der Waals surface area contributed by atoms with E-state index in [9.17, 15) is 14.0 Å². The number of hydrogen-bond acceptors (Lipinski definition) is 6. The van der Waals surface area contributed by atoms with Gasteiger partial charge in [0.05, 0.1) is 13.7 Å². The Balaban J connectivity index is 1.60. The lowest BCUT2D eigenvalue weighted by atomic mass is 10.1. The number of nitrogens with zero attached hydrogens (tertiary/aromatic N) is 2. The van der Waals surface area contributed by atoms with Crippen LogP contribution in [0.2, 0.25) is 0 Å². The molecule has 0 bridgehead atoms. The van der Waals surface area contributed by atoms with E-state index in [1.165, 1.54) is 26.2 Å². The Hall–Kier alpha value is -3.42. The van der Waals surface area contributed by atoms with Gasteiger partial charge in [-0.25, -0.2) is 4.39 Å². The van der Waals surface area contributed by atoms with E-state index in [0.29, 0.717) is 29.0 Å². The summed E-state index contributed by atoms with van der Waals surface area (Å²) in [6.45, 7) is 1.91. The number of amides is 1. The summed E-state index contributed by atoms with van der Waals surface area (Å²) in [7, 11) is 1.50. The number of aromatic nitrogens is 1. The van der Waals surface area contributed by atoms with E-state index in [2.05, 4.69) is 10.3 Å². The van der Waals surface area contributed by atoms with Crippen molar-refractivity contribution in [1.82, 2.24) is 9.88 Å². The zero-order valence-electron chi connectivity index (χ0n) is 18.2. The summed E-state index contributed by atoms with van der Waals surface area (Å²) in [5, 5.41) is 3.03. The van der Waals surface area contributed by atoms with Gasteiger partial charge in [-0.1, -0.05) is 25.0 Å². The number of carbonyl (C=O) groups excluding carboxylic acids is 2. The van der Waals surface area contributed by atoms with E-state index in [4.69, 9.17) is 9.15 Å². The van der Waals surface area contributed by atoms with Crippen LogP contribution in [0.4, 0.5) is 10.4 Å². The molecule has 0 saturated heterocycles. The van der Waals surface area contributed by atoms with Gasteiger partial charge in [-0.15, -0.1) is 0 Å². The highest BCUT2D eigenvalue weighted by atomic mass is 19.1. The molecular weight excluding hydrogens is 413 g/mol. The van der Waals surface area contributed by atoms with Gasteiger partial charge in [0.25, 0.3) is 11.9 Å². The number of oxazole rings is 1. The smallest absolute Gasteiger partial charge is 0.296 e. The number of rotatable bonds is 8. The molecule has 0 radical (unpaired) electrons. The van der Waals surface area contributed by atoms with Crippen LogP contribution in [0.3, 0.4) is 0 Å². The maximum Gasteiger partial charge on any atom is 0.296 e. The number of ketones is 1. The Morgan fingerprint density at radius 3 is 2.72 bits per heavy atom. The molecule has 1 heterocycles. The molecule has 0 spiro atoms. The fourth-order valence-electron chi connectivity index (χ4n) is 4.17. The van der Waals surface area contributed by atoms with Crippen molar-refractivity contribution in [3.8, 4) is 5.75 Å². The largest absolute Gasteiger partial charge is 0.493 e. The Labute approximate surface area is 185 Å². The number of Topliss-reactive ketones (excluding diaryl/α,β-unsaturated/α-hetero) is 1. The molecule has 1 saturated carbocycles. The molecule has 1 fully saturated rings. The average Bonchev–Trinajstić information content (AvgIpc) is 3.44. The highest BCUT2D eigenvalue weighted by molar-refractivity contribution is 6.00. The van der Waals surface area contributed by atoms with Crippen LogP contribution in [-0.4, -0.2) is 41.3 Å². The molecule has 3 aromatic rings. The van der Waals surface area contributed by atoms with Crippen molar-refractivity contribution < 1.29 is 23.1 Å². The number of halogens is 1. The third-order valence-electron chi connectivity index (χ3n) is 5.67. The summed E-state index contributed by atoms with van der Waals surface area (Å²) in [5.41, 5.74) is 2.01. The first-order valence-electron chi connectivity index (χ1n) is 10.7. The highest BCUT2D eigenvalue weighted by Gasteiger charge is 2.29. The first-order chi connectivity index (χ1) is 15.4. The minimum atomic E-state index is -0.316. The van der Waals surface area contributed by atoms with E-state index in [0.717, 1.165) is 31.2 Å². The van der Waals surface area contributed by atoms with Crippen molar-refractivity contribution in [3.63, 3.8) is 0 Å². The van der Waals surface area contributed by atoms with Crippen LogP contribution in [-0.2, 0) is 11.3 Å². The minimum absolute atomic E-state index is 0.0523. The number of benzene rings is 2. The van der Waals surface area contributed by atoms with Gasteiger partial charge in [0.15, 0.2) is 11.3 Å². The van der Waals surface area contributed by atoms with Crippen molar-refractivity contribution in [3.05, 3.63) is 53.3 Å². The number of methoxy groups -OCH3 is 1. The molecule has 4 rings (SSSR count). The van der Waals surface area contributed by atoms with Crippen molar-refractivity contribution in [2.45, 2.75) is 45.2 Å². The monoisotopic (exact) mass is 439 g/mol. The van der Waals surface area contributed by atoms with Crippen LogP contribution in [0.25, 0.3) is 11.1 Å². The molecule has 7 nitrogen and oxygen atoms in total.